The molecule has 3 nitrogen and oxygen atoms in total. The first-order valence-corrected chi connectivity index (χ1v) is 6.42. The highest BCUT2D eigenvalue weighted by Crippen LogP contribution is 2.21. The summed E-state index contributed by atoms with van der Waals surface area (Å²) in [6, 6.07) is 1.99. The maximum Gasteiger partial charge on any atom is 0.151 e. The summed E-state index contributed by atoms with van der Waals surface area (Å²) in [7, 11) is 2.19. The molecule has 1 aromatic rings. The molecule has 1 fully saturated rings. The molecule has 0 amide bonds. The first kappa shape index (κ1) is 12.4. The summed E-state index contributed by atoms with van der Waals surface area (Å²) < 4.78 is 2.30. The average Bonchev–Trinajstić information content (AvgIpc) is 2.56. The second kappa shape index (κ2) is 5.05. The zero-order valence-electron chi connectivity index (χ0n) is 11.1. The van der Waals surface area contributed by atoms with E-state index in [4.69, 9.17) is 0 Å². The topological polar surface area (TPSA) is 25.2 Å². The van der Waals surface area contributed by atoms with Crippen LogP contribution in [-0.2, 0) is 6.54 Å². The Morgan fingerprint density at radius 1 is 1.47 bits per heavy atom. The van der Waals surface area contributed by atoms with Crippen LogP contribution in [0.3, 0.4) is 0 Å². The van der Waals surface area contributed by atoms with Crippen LogP contribution < -0.4 is 0 Å². The number of hydrogen-bond acceptors (Lipinski definition) is 2. The monoisotopic (exact) mass is 234 g/mol. The molecule has 0 bridgehead atoms. The summed E-state index contributed by atoms with van der Waals surface area (Å²) >= 11 is 0. The highest BCUT2D eigenvalue weighted by Gasteiger charge is 2.19. The van der Waals surface area contributed by atoms with E-state index in [-0.39, 0.29) is 0 Å². The second-order valence-electron chi connectivity index (χ2n) is 5.33. The van der Waals surface area contributed by atoms with Gasteiger partial charge in [0.1, 0.15) is 0 Å². The molecule has 17 heavy (non-hydrogen) atoms. The predicted molar refractivity (Wildman–Crippen MR) is 69.5 cm³/mol. The zero-order valence-corrected chi connectivity index (χ0v) is 11.1. The van der Waals surface area contributed by atoms with E-state index in [1.807, 2.05) is 13.0 Å². The van der Waals surface area contributed by atoms with Crippen LogP contribution in [0.25, 0.3) is 0 Å². The van der Waals surface area contributed by atoms with Crippen LogP contribution in [0.15, 0.2) is 6.07 Å². The van der Waals surface area contributed by atoms with E-state index in [0.717, 1.165) is 30.0 Å². The van der Waals surface area contributed by atoms with Crippen molar-refractivity contribution in [3.05, 3.63) is 23.0 Å². The van der Waals surface area contributed by atoms with E-state index in [1.54, 1.807) is 0 Å². The smallest absolute Gasteiger partial charge is 0.151 e. The summed E-state index contributed by atoms with van der Waals surface area (Å²) in [6.07, 6.45) is 3.56. The molecule has 94 valence electrons. The third-order valence-electron chi connectivity index (χ3n) is 3.90. The lowest BCUT2D eigenvalue weighted by Gasteiger charge is -2.30. The molecule has 1 aliphatic rings. The lowest BCUT2D eigenvalue weighted by atomic mass is 9.98. The Morgan fingerprint density at radius 3 is 2.82 bits per heavy atom. The van der Waals surface area contributed by atoms with Crippen LogP contribution in [0.4, 0.5) is 0 Å². The minimum Gasteiger partial charge on any atom is -0.348 e. The first-order chi connectivity index (χ1) is 8.11. The summed E-state index contributed by atoms with van der Waals surface area (Å²) in [5, 5.41) is 0. The molecule has 3 heteroatoms. The molecule has 0 aliphatic carbocycles. The van der Waals surface area contributed by atoms with Crippen molar-refractivity contribution in [2.75, 3.05) is 20.1 Å². The number of hydrogen-bond donors (Lipinski definition) is 0. The lowest BCUT2D eigenvalue weighted by molar-refractivity contribution is 0.112. The molecule has 0 aromatic carbocycles. The fourth-order valence-corrected chi connectivity index (χ4v) is 2.91. The van der Waals surface area contributed by atoms with Gasteiger partial charge >= 0.3 is 0 Å². The number of carbonyl (C=O) groups is 1. The van der Waals surface area contributed by atoms with Gasteiger partial charge in [-0.2, -0.15) is 0 Å². The van der Waals surface area contributed by atoms with E-state index in [0.29, 0.717) is 0 Å². The van der Waals surface area contributed by atoms with Gasteiger partial charge in [0.25, 0.3) is 0 Å². The summed E-state index contributed by atoms with van der Waals surface area (Å²) in [6.45, 7) is 7.58. The minimum atomic E-state index is 0.720. The minimum absolute atomic E-state index is 0.720. The molecular weight excluding hydrogens is 212 g/mol. The van der Waals surface area contributed by atoms with Gasteiger partial charge in [-0.05, 0) is 52.3 Å². The van der Waals surface area contributed by atoms with Crippen LogP contribution in [0.5, 0.6) is 0 Å². The zero-order chi connectivity index (χ0) is 12.4. The molecule has 2 heterocycles. The van der Waals surface area contributed by atoms with Crippen molar-refractivity contribution in [1.82, 2.24) is 9.47 Å². The van der Waals surface area contributed by atoms with Gasteiger partial charge in [0.15, 0.2) is 6.29 Å². The van der Waals surface area contributed by atoms with E-state index in [9.17, 15) is 4.79 Å². The number of rotatable bonds is 3. The van der Waals surface area contributed by atoms with E-state index in [2.05, 4.69) is 23.4 Å². The molecule has 0 radical (unpaired) electrons. The molecule has 1 aliphatic heterocycles. The number of aryl methyl sites for hydroxylation is 1. The average molecular weight is 234 g/mol. The molecule has 1 atom stereocenters. The fourth-order valence-electron chi connectivity index (χ4n) is 2.91. The molecule has 0 N–H and O–H groups in total. The molecule has 1 aromatic heterocycles. The van der Waals surface area contributed by atoms with Crippen molar-refractivity contribution in [2.45, 2.75) is 33.2 Å². The van der Waals surface area contributed by atoms with Gasteiger partial charge in [-0.1, -0.05) is 0 Å². The molecule has 0 spiro atoms. The van der Waals surface area contributed by atoms with Gasteiger partial charge < -0.3 is 9.47 Å². The van der Waals surface area contributed by atoms with Crippen LogP contribution in [0.1, 0.15) is 34.6 Å². The van der Waals surface area contributed by atoms with Crippen LogP contribution in [0, 0.1) is 19.8 Å². The number of piperidine rings is 1. The Hall–Kier alpha value is -1.09. The van der Waals surface area contributed by atoms with E-state index >= 15 is 0 Å². The summed E-state index contributed by atoms with van der Waals surface area (Å²) in [4.78, 5) is 13.3. The van der Waals surface area contributed by atoms with Crippen molar-refractivity contribution >= 4 is 6.29 Å². The van der Waals surface area contributed by atoms with Crippen molar-refractivity contribution in [3.63, 3.8) is 0 Å². The normalized spacial score (nSPS) is 21.7. The van der Waals surface area contributed by atoms with Gasteiger partial charge in [-0.15, -0.1) is 0 Å². The third-order valence-corrected chi connectivity index (χ3v) is 3.90. The summed E-state index contributed by atoms with van der Waals surface area (Å²) in [5.74, 6) is 0.720. The number of aromatic nitrogens is 1. The van der Waals surface area contributed by atoms with Gasteiger partial charge in [-0.25, -0.2) is 0 Å². The van der Waals surface area contributed by atoms with Crippen LogP contribution >= 0.6 is 0 Å². The van der Waals surface area contributed by atoms with Crippen molar-refractivity contribution in [2.24, 2.45) is 5.92 Å². The Kier molecular flexibility index (Phi) is 3.67. The maximum absolute atomic E-state index is 10.9. The Morgan fingerprint density at radius 2 is 2.24 bits per heavy atom. The van der Waals surface area contributed by atoms with Crippen molar-refractivity contribution in [3.8, 4) is 0 Å². The standard InChI is InChI=1S/C14H22N2O/c1-11-7-14(10-17)12(2)16(11)9-13-5-4-6-15(3)8-13/h7,10,13H,4-6,8-9H2,1-3H3. The van der Waals surface area contributed by atoms with E-state index < -0.39 is 0 Å². The molecule has 1 unspecified atom stereocenters. The largest absolute Gasteiger partial charge is 0.348 e. The Bertz CT molecular complexity index is 409. The van der Waals surface area contributed by atoms with Gasteiger partial charge in [0.05, 0.1) is 0 Å². The molecule has 1 saturated heterocycles. The summed E-state index contributed by atoms with van der Waals surface area (Å²) in [5.41, 5.74) is 3.16. The Balaban J connectivity index is 2.12. The highest BCUT2D eigenvalue weighted by molar-refractivity contribution is 5.77. The van der Waals surface area contributed by atoms with Crippen molar-refractivity contribution < 1.29 is 4.79 Å². The number of nitrogens with zero attached hydrogens (tertiary/aromatic N) is 2. The predicted octanol–water partition coefficient (Wildman–Crippen LogP) is 2.26. The van der Waals surface area contributed by atoms with Crippen LogP contribution in [-0.4, -0.2) is 35.9 Å². The van der Waals surface area contributed by atoms with Crippen LogP contribution in [0.2, 0.25) is 0 Å². The molecular formula is C14H22N2O. The number of carbonyl (C=O) groups excluding carboxylic acids is 1. The maximum atomic E-state index is 10.9. The van der Waals surface area contributed by atoms with Gasteiger partial charge in [0, 0.05) is 30.0 Å². The van der Waals surface area contributed by atoms with Crippen molar-refractivity contribution in [1.29, 1.82) is 0 Å². The number of aldehydes is 1. The first-order valence-electron chi connectivity index (χ1n) is 6.42. The van der Waals surface area contributed by atoms with Gasteiger partial charge in [0.2, 0.25) is 0 Å². The van der Waals surface area contributed by atoms with Gasteiger partial charge in [-0.3, -0.25) is 4.79 Å². The lowest BCUT2D eigenvalue weighted by Crippen LogP contribution is -2.34. The SMILES string of the molecule is Cc1cc(C=O)c(C)n1CC1CCCN(C)C1. The molecule has 2 rings (SSSR count). The number of likely N-dealkylation sites (tertiary alicyclic amines) is 1. The highest BCUT2D eigenvalue weighted by atomic mass is 16.1. The molecule has 0 saturated carbocycles. The quantitative estimate of drug-likeness (QED) is 0.750. The second-order valence-corrected chi connectivity index (χ2v) is 5.33. The third kappa shape index (κ3) is 2.60. The fraction of sp³-hybridized carbons (Fsp3) is 0.643. The Labute approximate surface area is 103 Å². The van der Waals surface area contributed by atoms with E-state index in [1.165, 1.54) is 31.6 Å².